The lowest BCUT2D eigenvalue weighted by atomic mass is 10.1. The number of fused-ring (bicyclic) bond motifs is 1. The number of benzene rings is 1. The Morgan fingerprint density at radius 3 is 2.73 bits per heavy atom. The molecule has 0 radical (unpaired) electrons. The van der Waals surface area contributed by atoms with E-state index in [0.717, 1.165) is 28.8 Å². The zero-order chi connectivity index (χ0) is 18.6. The van der Waals surface area contributed by atoms with Gasteiger partial charge in [0.25, 0.3) is 0 Å². The van der Waals surface area contributed by atoms with Gasteiger partial charge >= 0.3 is 5.97 Å². The van der Waals surface area contributed by atoms with Crippen molar-refractivity contribution < 1.29 is 23.1 Å². The Balaban J connectivity index is 1.52. The Hall–Kier alpha value is -1.90. The molecule has 1 aromatic heterocycles. The van der Waals surface area contributed by atoms with Crippen molar-refractivity contribution in [3.8, 4) is 0 Å². The van der Waals surface area contributed by atoms with Crippen LogP contribution in [0.5, 0.6) is 0 Å². The lowest BCUT2D eigenvalue weighted by Crippen LogP contribution is -2.19. The number of aryl methyl sites for hydroxylation is 1. The van der Waals surface area contributed by atoms with Crippen LogP contribution in [-0.4, -0.2) is 31.9 Å². The van der Waals surface area contributed by atoms with Crippen molar-refractivity contribution in [3.05, 3.63) is 51.9 Å². The third-order valence-electron chi connectivity index (χ3n) is 4.20. The second-order valence-corrected chi connectivity index (χ2v) is 9.13. The van der Waals surface area contributed by atoms with Crippen LogP contribution in [-0.2, 0) is 34.2 Å². The average Bonchev–Trinajstić information content (AvgIpc) is 3.15. The fraction of sp³-hybridized carbons (Fsp3) is 0.389. The zero-order valence-electron chi connectivity index (χ0n) is 14.2. The quantitative estimate of drug-likeness (QED) is 0.636. The first-order valence-electron chi connectivity index (χ1n) is 8.46. The lowest BCUT2D eigenvalue weighted by Gasteiger charge is -2.08. The molecule has 1 aromatic carbocycles. The van der Waals surface area contributed by atoms with Crippen LogP contribution in [0.4, 0.5) is 5.00 Å². The minimum Gasteiger partial charge on any atom is -0.478 e. The van der Waals surface area contributed by atoms with Crippen LogP contribution in [0.1, 0.15) is 39.2 Å². The highest BCUT2D eigenvalue weighted by atomic mass is 32.2. The SMILES string of the molecule is O=C(O)c1c(NS(=O)(=O)CCCOCc2ccccc2)sc2c1CCC2. The number of hydrogen-bond donors (Lipinski definition) is 2. The number of nitrogens with one attached hydrogen (secondary N) is 1. The van der Waals surface area contributed by atoms with Crippen molar-refractivity contribution in [3.63, 3.8) is 0 Å². The summed E-state index contributed by atoms with van der Waals surface area (Å²) in [5.41, 5.74) is 1.94. The fourth-order valence-electron chi connectivity index (χ4n) is 3.01. The normalized spacial score (nSPS) is 13.5. The van der Waals surface area contributed by atoms with Crippen LogP contribution in [0.2, 0.25) is 0 Å². The maximum Gasteiger partial charge on any atom is 0.339 e. The molecular formula is C18H21NO5S2. The number of carboxylic acid groups (broad SMARTS) is 1. The van der Waals surface area contributed by atoms with E-state index in [1.165, 1.54) is 11.3 Å². The van der Waals surface area contributed by atoms with Crippen LogP contribution < -0.4 is 4.72 Å². The summed E-state index contributed by atoms with van der Waals surface area (Å²) in [6, 6.07) is 9.66. The van der Waals surface area contributed by atoms with Gasteiger partial charge in [0.15, 0.2) is 0 Å². The summed E-state index contributed by atoms with van der Waals surface area (Å²) in [6.07, 6.45) is 2.78. The molecule has 0 amide bonds. The number of hydrogen-bond acceptors (Lipinski definition) is 5. The first kappa shape index (κ1) is 18.9. The number of rotatable bonds is 9. The molecule has 26 heavy (non-hydrogen) atoms. The lowest BCUT2D eigenvalue weighted by molar-refractivity contribution is 0.0697. The van der Waals surface area contributed by atoms with E-state index in [1.807, 2.05) is 30.3 Å². The van der Waals surface area contributed by atoms with Gasteiger partial charge in [-0.3, -0.25) is 4.72 Å². The van der Waals surface area contributed by atoms with Gasteiger partial charge in [-0.1, -0.05) is 30.3 Å². The first-order valence-corrected chi connectivity index (χ1v) is 10.9. The zero-order valence-corrected chi connectivity index (χ0v) is 15.9. The van der Waals surface area contributed by atoms with E-state index < -0.39 is 16.0 Å². The van der Waals surface area contributed by atoms with Gasteiger partial charge in [0.2, 0.25) is 10.0 Å². The fourth-order valence-corrected chi connectivity index (χ4v) is 5.67. The summed E-state index contributed by atoms with van der Waals surface area (Å²) < 4.78 is 32.5. The molecule has 1 aliphatic carbocycles. The standard InChI is InChI=1S/C18H21NO5S2/c20-18(21)16-14-8-4-9-15(14)25-17(16)19-26(22,23)11-5-10-24-12-13-6-2-1-3-7-13/h1-3,6-7,19H,4-5,8-12H2,(H,20,21). The van der Waals surface area contributed by atoms with Crippen LogP contribution >= 0.6 is 11.3 Å². The Bertz CT molecular complexity index is 874. The van der Waals surface area contributed by atoms with Gasteiger partial charge in [0.05, 0.1) is 17.9 Å². The molecular weight excluding hydrogens is 374 g/mol. The van der Waals surface area contributed by atoms with Crippen LogP contribution in [0.15, 0.2) is 30.3 Å². The highest BCUT2D eigenvalue weighted by Gasteiger charge is 2.28. The first-order chi connectivity index (χ1) is 12.5. The molecule has 6 nitrogen and oxygen atoms in total. The number of carbonyl (C=O) groups is 1. The highest BCUT2D eigenvalue weighted by molar-refractivity contribution is 7.92. The highest BCUT2D eigenvalue weighted by Crippen LogP contribution is 2.39. The Morgan fingerprint density at radius 2 is 2.00 bits per heavy atom. The summed E-state index contributed by atoms with van der Waals surface area (Å²) in [5, 5.41) is 9.65. The molecule has 0 spiro atoms. The minimum absolute atomic E-state index is 0.108. The summed E-state index contributed by atoms with van der Waals surface area (Å²) in [7, 11) is -3.61. The summed E-state index contributed by atoms with van der Waals surface area (Å²) >= 11 is 1.24. The van der Waals surface area contributed by atoms with Crippen molar-refractivity contribution >= 4 is 32.3 Å². The van der Waals surface area contributed by atoms with Gasteiger partial charge in [0.1, 0.15) is 5.00 Å². The maximum atomic E-state index is 12.3. The molecule has 2 N–H and O–H groups in total. The van der Waals surface area contributed by atoms with E-state index in [0.29, 0.717) is 26.1 Å². The molecule has 3 rings (SSSR count). The predicted octanol–water partition coefficient (Wildman–Crippen LogP) is 3.28. The number of aromatic carboxylic acids is 1. The molecule has 2 aromatic rings. The van der Waals surface area contributed by atoms with E-state index >= 15 is 0 Å². The van der Waals surface area contributed by atoms with E-state index in [2.05, 4.69) is 4.72 Å². The van der Waals surface area contributed by atoms with Crippen molar-refractivity contribution in [2.75, 3.05) is 17.1 Å². The molecule has 0 bridgehead atoms. The summed E-state index contributed by atoms with van der Waals surface area (Å²) in [5.74, 6) is -1.18. The third kappa shape index (κ3) is 4.63. The van der Waals surface area contributed by atoms with Crippen molar-refractivity contribution in [1.82, 2.24) is 0 Å². The molecule has 0 saturated heterocycles. The van der Waals surface area contributed by atoms with Crippen molar-refractivity contribution in [1.29, 1.82) is 0 Å². The number of sulfonamides is 1. The topological polar surface area (TPSA) is 92.7 Å². The van der Waals surface area contributed by atoms with Gasteiger partial charge < -0.3 is 9.84 Å². The van der Waals surface area contributed by atoms with Gasteiger partial charge in [-0.05, 0) is 36.8 Å². The van der Waals surface area contributed by atoms with Crippen LogP contribution in [0, 0.1) is 0 Å². The molecule has 1 aliphatic rings. The van der Waals surface area contributed by atoms with E-state index in [4.69, 9.17) is 4.74 Å². The monoisotopic (exact) mass is 395 g/mol. The van der Waals surface area contributed by atoms with E-state index in [9.17, 15) is 18.3 Å². The second-order valence-electron chi connectivity index (χ2n) is 6.18. The molecule has 0 saturated carbocycles. The average molecular weight is 396 g/mol. The minimum atomic E-state index is -3.61. The number of ether oxygens (including phenoxy) is 1. The molecule has 0 unspecified atom stereocenters. The molecule has 8 heteroatoms. The smallest absolute Gasteiger partial charge is 0.339 e. The largest absolute Gasteiger partial charge is 0.478 e. The van der Waals surface area contributed by atoms with Gasteiger partial charge in [-0.2, -0.15) is 0 Å². The van der Waals surface area contributed by atoms with Gasteiger partial charge in [-0.25, -0.2) is 13.2 Å². The summed E-state index contributed by atoms with van der Waals surface area (Å²) in [6.45, 7) is 0.762. The molecule has 0 aliphatic heterocycles. The molecule has 0 atom stereocenters. The second kappa shape index (κ2) is 8.20. The Morgan fingerprint density at radius 1 is 1.23 bits per heavy atom. The molecule has 140 valence electrons. The van der Waals surface area contributed by atoms with Gasteiger partial charge in [0, 0.05) is 11.5 Å². The number of anilines is 1. The van der Waals surface area contributed by atoms with E-state index in [-0.39, 0.29) is 16.3 Å². The Kier molecular flexibility index (Phi) is 5.95. The Labute approximate surface area is 156 Å². The van der Waals surface area contributed by atoms with Crippen LogP contribution in [0.3, 0.4) is 0 Å². The number of thiophene rings is 1. The molecule has 0 fully saturated rings. The van der Waals surface area contributed by atoms with Crippen molar-refractivity contribution in [2.24, 2.45) is 0 Å². The van der Waals surface area contributed by atoms with E-state index in [1.54, 1.807) is 0 Å². The summed E-state index contributed by atoms with van der Waals surface area (Å²) in [4.78, 5) is 12.5. The van der Waals surface area contributed by atoms with Crippen LogP contribution in [0.25, 0.3) is 0 Å². The van der Waals surface area contributed by atoms with Crippen molar-refractivity contribution in [2.45, 2.75) is 32.3 Å². The predicted molar refractivity (Wildman–Crippen MR) is 101 cm³/mol. The molecule has 1 heterocycles. The third-order valence-corrected chi connectivity index (χ3v) is 6.87. The number of carboxylic acids is 1. The maximum absolute atomic E-state index is 12.3. The van der Waals surface area contributed by atoms with Gasteiger partial charge in [-0.15, -0.1) is 11.3 Å².